The number of aryl methyl sites for hydroxylation is 1. The number of nitrogens with zero attached hydrogens (tertiary/aromatic N) is 3. The molecule has 1 aromatic heterocycles. The van der Waals surface area contributed by atoms with Crippen molar-refractivity contribution < 1.29 is 4.92 Å². The maximum absolute atomic E-state index is 10.8. The molecule has 0 radical (unpaired) electrons. The second-order valence-electron chi connectivity index (χ2n) is 4.00. The molecule has 0 aliphatic rings. The molecule has 1 aromatic carbocycles. The Morgan fingerprint density at radius 1 is 1.53 bits per heavy atom. The van der Waals surface area contributed by atoms with Crippen LogP contribution in [0.2, 0.25) is 0 Å². The minimum absolute atomic E-state index is 0.0950. The van der Waals surface area contributed by atoms with Crippen molar-refractivity contribution in [1.82, 2.24) is 9.78 Å². The summed E-state index contributed by atoms with van der Waals surface area (Å²) in [6, 6.07) is 5.12. The molecule has 0 aliphatic carbocycles. The second kappa shape index (κ2) is 5.75. The Bertz CT molecular complexity index is 597. The first-order valence-electron chi connectivity index (χ1n) is 5.66. The van der Waals surface area contributed by atoms with Gasteiger partial charge in [-0.15, -0.1) is 11.8 Å². The zero-order valence-corrected chi connectivity index (χ0v) is 11.5. The fraction of sp³-hybridized carbons (Fsp3) is 0.250. The molecule has 0 aliphatic heterocycles. The van der Waals surface area contributed by atoms with Gasteiger partial charge in [0.2, 0.25) is 0 Å². The van der Waals surface area contributed by atoms with Crippen LogP contribution < -0.4 is 5.32 Å². The number of thioether (sulfide) groups is 1. The summed E-state index contributed by atoms with van der Waals surface area (Å²) < 4.78 is 1.75. The molecule has 100 valence electrons. The van der Waals surface area contributed by atoms with Gasteiger partial charge in [0, 0.05) is 37.0 Å². The summed E-state index contributed by atoms with van der Waals surface area (Å²) in [6.07, 6.45) is 3.74. The van der Waals surface area contributed by atoms with Crippen LogP contribution in [0.4, 0.5) is 11.4 Å². The van der Waals surface area contributed by atoms with Gasteiger partial charge in [0.1, 0.15) is 5.69 Å². The van der Waals surface area contributed by atoms with Gasteiger partial charge < -0.3 is 5.32 Å². The molecule has 1 N–H and O–H groups in total. The zero-order chi connectivity index (χ0) is 13.8. The van der Waals surface area contributed by atoms with Gasteiger partial charge in [-0.05, 0) is 11.6 Å². The smallest absolute Gasteiger partial charge is 0.292 e. The molecule has 0 saturated carbocycles. The van der Waals surface area contributed by atoms with Gasteiger partial charge in [-0.3, -0.25) is 14.8 Å². The zero-order valence-electron chi connectivity index (χ0n) is 10.7. The first-order valence-corrected chi connectivity index (χ1v) is 6.65. The van der Waals surface area contributed by atoms with E-state index >= 15 is 0 Å². The molecule has 2 aromatic rings. The van der Waals surface area contributed by atoms with E-state index in [0.29, 0.717) is 5.69 Å². The van der Waals surface area contributed by atoms with E-state index in [-0.39, 0.29) is 10.6 Å². The molecular weight excluding hydrogens is 264 g/mol. The Morgan fingerprint density at radius 3 is 2.89 bits per heavy atom. The minimum Gasteiger partial charge on any atom is -0.383 e. The van der Waals surface area contributed by atoms with Crippen molar-refractivity contribution in [1.29, 1.82) is 0 Å². The lowest BCUT2D eigenvalue weighted by molar-refractivity contribution is -0.383. The maximum Gasteiger partial charge on any atom is 0.292 e. The summed E-state index contributed by atoms with van der Waals surface area (Å²) in [7, 11) is 3.55. The van der Waals surface area contributed by atoms with Crippen molar-refractivity contribution in [3.8, 4) is 0 Å². The van der Waals surface area contributed by atoms with Crippen molar-refractivity contribution in [2.75, 3.05) is 12.4 Å². The summed E-state index contributed by atoms with van der Waals surface area (Å²) >= 11 is 1.65. The van der Waals surface area contributed by atoms with Gasteiger partial charge in [-0.1, -0.05) is 6.07 Å². The molecule has 0 atom stereocenters. The predicted molar refractivity (Wildman–Crippen MR) is 75.4 cm³/mol. The van der Waals surface area contributed by atoms with Crippen molar-refractivity contribution in [2.24, 2.45) is 7.05 Å². The van der Waals surface area contributed by atoms with Crippen LogP contribution in [0.25, 0.3) is 0 Å². The van der Waals surface area contributed by atoms with Gasteiger partial charge in [-0.2, -0.15) is 5.10 Å². The van der Waals surface area contributed by atoms with Gasteiger partial charge in [0.05, 0.1) is 11.1 Å². The Morgan fingerprint density at radius 2 is 2.32 bits per heavy atom. The largest absolute Gasteiger partial charge is 0.383 e. The summed E-state index contributed by atoms with van der Waals surface area (Å²) in [5, 5.41) is 17.8. The van der Waals surface area contributed by atoms with Gasteiger partial charge in [-0.25, -0.2) is 0 Å². The third-order valence-electron chi connectivity index (χ3n) is 2.61. The van der Waals surface area contributed by atoms with Crippen LogP contribution in [0, 0.1) is 10.1 Å². The van der Waals surface area contributed by atoms with Crippen LogP contribution in [0.5, 0.6) is 0 Å². The average molecular weight is 278 g/mol. The number of rotatable bonds is 5. The topological polar surface area (TPSA) is 73.0 Å². The van der Waals surface area contributed by atoms with Gasteiger partial charge in [0.25, 0.3) is 5.69 Å². The van der Waals surface area contributed by atoms with E-state index in [1.165, 1.54) is 6.07 Å². The number of aromatic nitrogens is 2. The van der Waals surface area contributed by atoms with E-state index in [4.69, 9.17) is 0 Å². The monoisotopic (exact) mass is 278 g/mol. The lowest BCUT2D eigenvalue weighted by Crippen LogP contribution is -1.97. The Labute approximate surface area is 115 Å². The lowest BCUT2D eigenvalue weighted by Gasteiger charge is -2.05. The maximum atomic E-state index is 10.8. The number of nitro benzene ring substituents is 1. The molecule has 0 unspecified atom stereocenters. The second-order valence-corrected chi connectivity index (χ2v) is 5.05. The number of hydrogen-bond donors (Lipinski definition) is 1. The Hall–Kier alpha value is -2.02. The highest BCUT2D eigenvalue weighted by Gasteiger charge is 2.12. The lowest BCUT2D eigenvalue weighted by atomic mass is 10.2. The summed E-state index contributed by atoms with van der Waals surface area (Å²) in [5.74, 6) is 0.748. The highest BCUT2D eigenvalue weighted by Crippen LogP contribution is 2.28. The van der Waals surface area contributed by atoms with E-state index < -0.39 is 0 Å². The molecule has 0 bridgehead atoms. The van der Waals surface area contributed by atoms with E-state index in [1.807, 2.05) is 19.3 Å². The van der Waals surface area contributed by atoms with E-state index in [0.717, 1.165) is 16.2 Å². The van der Waals surface area contributed by atoms with Crippen molar-refractivity contribution >= 4 is 23.1 Å². The molecule has 6 nitrogen and oxygen atoms in total. The highest BCUT2D eigenvalue weighted by atomic mass is 32.2. The average Bonchev–Trinajstić information content (AvgIpc) is 2.81. The summed E-state index contributed by atoms with van der Waals surface area (Å²) in [5.41, 5.74) is 1.66. The molecule has 0 spiro atoms. The molecule has 1 heterocycles. The number of nitro groups is 1. The first-order chi connectivity index (χ1) is 9.10. The summed E-state index contributed by atoms with van der Waals surface area (Å²) in [4.78, 5) is 11.5. The SMILES string of the molecule is CNc1cc(CSc2cnn(C)c2)ccc1[N+](=O)[O-]. The van der Waals surface area contributed by atoms with Crippen LogP contribution in [-0.2, 0) is 12.8 Å². The van der Waals surface area contributed by atoms with Crippen LogP contribution in [0.1, 0.15) is 5.56 Å². The van der Waals surface area contributed by atoms with E-state index in [2.05, 4.69) is 10.4 Å². The third kappa shape index (κ3) is 3.25. The normalized spacial score (nSPS) is 10.4. The first kappa shape index (κ1) is 13.4. The van der Waals surface area contributed by atoms with E-state index in [1.54, 1.807) is 35.8 Å². The van der Waals surface area contributed by atoms with E-state index in [9.17, 15) is 10.1 Å². The van der Waals surface area contributed by atoms with Crippen LogP contribution in [0.15, 0.2) is 35.5 Å². The van der Waals surface area contributed by atoms with Crippen molar-refractivity contribution in [2.45, 2.75) is 10.6 Å². The number of hydrogen-bond acceptors (Lipinski definition) is 5. The number of benzene rings is 1. The minimum atomic E-state index is -0.385. The fourth-order valence-corrected chi connectivity index (χ4v) is 2.53. The van der Waals surface area contributed by atoms with Crippen LogP contribution >= 0.6 is 11.8 Å². The molecular formula is C12H14N4O2S. The molecule has 0 amide bonds. The number of anilines is 1. The molecule has 0 saturated heterocycles. The molecule has 19 heavy (non-hydrogen) atoms. The van der Waals surface area contributed by atoms with Crippen molar-refractivity contribution in [3.63, 3.8) is 0 Å². The predicted octanol–water partition coefficient (Wildman–Crippen LogP) is 2.66. The summed E-state index contributed by atoms with van der Waals surface area (Å²) in [6.45, 7) is 0. The number of nitrogens with one attached hydrogen (secondary N) is 1. The molecule has 2 rings (SSSR count). The Balaban J connectivity index is 2.11. The standard InChI is InChI=1S/C12H14N4O2S/c1-13-11-5-9(3-4-12(11)16(17)18)8-19-10-6-14-15(2)7-10/h3-7,13H,8H2,1-2H3. The van der Waals surface area contributed by atoms with Crippen LogP contribution in [-0.4, -0.2) is 21.8 Å². The van der Waals surface area contributed by atoms with Crippen LogP contribution in [0.3, 0.4) is 0 Å². The van der Waals surface area contributed by atoms with Crippen molar-refractivity contribution in [3.05, 3.63) is 46.3 Å². The third-order valence-corrected chi connectivity index (χ3v) is 3.64. The van der Waals surface area contributed by atoms with Gasteiger partial charge >= 0.3 is 0 Å². The van der Waals surface area contributed by atoms with Gasteiger partial charge in [0.15, 0.2) is 0 Å². The molecule has 0 fully saturated rings. The quantitative estimate of drug-likeness (QED) is 0.517. The highest BCUT2D eigenvalue weighted by molar-refractivity contribution is 7.98. The molecule has 7 heteroatoms. The fourth-order valence-electron chi connectivity index (χ4n) is 1.67. The Kier molecular flexibility index (Phi) is 4.06.